The van der Waals surface area contributed by atoms with Crippen molar-refractivity contribution in [2.75, 3.05) is 0 Å². The van der Waals surface area contributed by atoms with Crippen LogP contribution in [0, 0.1) is 11.8 Å². The Hall–Kier alpha value is -0.860. The van der Waals surface area contributed by atoms with Crippen LogP contribution in [0.1, 0.15) is 75.0 Å². The highest BCUT2D eigenvalue weighted by Gasteiger charge is 2.33. The van der Waals surface area contributed by atoms with Crippen LogP contribution in [-0.4, -0.2) is 16.3 Å². The first-order valence-corrected chi connectivity index (χ1v) is 8.63. The largest absolute Gasteiger partial charge is 0.392 e. The molecule has 0 radical (unpaired) electrons. The van der Waals surface area contributed by atoms with Gasteiger partial charge in [-0.2, -0.15) is 0 Å². The van der Waals surface area contributed by atoms with Crippen LogP contribution in [0.25, 0.3) is 0 Å². The van der Waals surface area contributed by atoms with Gasteiger partial charge in [0.1, 0.15) is 0 Å². The van der Waals surface area contributed by atoms with Crippen LogP contribution in [0.3, 0.4) is 0 Å². The molecule has 4 atom stereocenters. The fourth-order valence-corrected chi connectivity index (χ4v) is 4.36. The summed E-state index contributed by atoms with van der Waals surface area (Å²) in [5.41, 5.74) is 2.28. The molecule has 1 unspecified atom stereocenters. The molecule has 1 aromatic carbocycles. The van der Waals surface area contributed by atoms with Crippen molar-refractivity contribution in [1.29, 1.82) is 0 Å². The molecule has 2 N–H and O–H groups in total. The zero-order chi connectivity index (χ0) is 14.8. The van der Waals surface area contributed by atoms with Gasteiger partial charge in [0, 0.05) is 5.92 Å². The SMILES string of the molecule is C[C@H]1CC[C@@H](O)[C@@H]1c1ccc(C(O)C2CCCCC2)cc1. The molecule has 116 valence electrons. The summed E-state index contributed by atoms with van der Waals surface area (Å²) in [6, 6.07) is 8.40. The fourth-order valence-electron chi connectivity index (χ4n) is 4.36. The Morgan fingerprint density at radius 2 is 1.62 bits per heavy atom. The van der Waals surface area contributed by atoms with Gasteiger partial charge in [0.15, 0.2) is 0 Å². The summed E-state index contributed by atoms with van der Waals surface area (Å²) in [5.74, 6) is 1.25. The highest BCUT2D eigenvalue weighted by atomic mass is 16.3. The van der Waals surface area contributed by atoms with Crippen molar-refractivity contribution in [1.82, 2.24) is 0 Å². The van der Waals surface area contributed by atoms with E-state index in [1.807, 2.05) is 0 Å². The van der Waals surface area contributed by atoms with E-state index < -0.39 is 0 Å². The maximum Gasteiger partial charge on any atom is 0.0818 e. The minimum Gasteiger partial charge on any atom is -0.392 e. The lowest BCUT2D eigenvalue weighted by Crippen LogP contribution is -2.17. The summed E-state index contributed by atoms with van der Waals surface area (Å²) in [6.07, 6.45) is 7.65. The Morgan fingerprint density at radius 1 is 0.952 bits per heavy atom. The standard InChI is InChI=1S/C19H28O2/c1-13-7-12-17(20)18(13)14-8-10-16(11-9-14)19(21)15-5-3-2-4-6-15/h8-11,13,15,17-21H,2-7,12H2,1H3/t13-,17+,18-,19?/m0/s1. The Kier molecular flexibility index (Phi) is 4.66. The van der Waals surface area contributed by atoms with Crippen LogP contribution in [-0.2, 0) is 0 Å². The highest BCUT2D eigenvalue weighted by molar-refractivity contribution is 5.29. The summed E-state index contributed by atoms with van der Waals surface area (Å²) in [4.78, 5) is 0. The Balaban J connectivity index is 1.71. The van der Waals surface area contributed by atoms with Crippen LogP contribution in [0.5, 0.6) is 0 Å². The number of aliphatic hydroxyl groups is 2. The third-order valence-corrected chi connectivity index (χ3v) is 5.70. The summed E-state index contributed by atoms with van der Waals surface area (Å²) in [6.45, 7) is 2.23. The van der Waals surface area contributed by atoms with Crippen molar-refractivity contribution < 1.29 is 10.2 Å². The lowest BCUT2D eigenvalue weighted by molar-refractivity contribution is 0.0848. The van der Waals surface area contributed by atoms with Gasteiger partial charge >= 0.3 is 0 Å². The van der Waals surface area contributed by atoms with E-state index in [-0.39, 0.29) is 18.1 Å². The van der Waals surface area contributed by atoms with Gasteiger partial charge in [-0.05, 0) is 48.6 Å². The molecule has 2 heteroatoms. The molecule has 0 saturated heterocycles. The highest BCUT2D eigenvalue weighted by Crippen LogP contribution is 2.40. The third-order valence-electron chi connectivity index (χ3n) is 5.70. The van der Waals surface area contributed by atoms with E-state index in [1.165, 1.54) is 24.8 Å². The van der Waals surface area contributed by atoms with E-state index in [2.05, 4.69) is 31.2 Å². The molecule has 0 spiro atoms. The van der Waals surface area contributed by atoms with E-state index in [4.69, 9.17) is 0 Å². The topological polar surface area (TPSA) is 40.5 Å². The zero-order valence-electron chi connectivity index (χ0n) is 13.0. The Bertz CT molecular complexity index is 437. The van der Waals surface area contributed by atoms with E-state index in [9.17, 15) is 10.2 Å². The molecule has 2 saturated carbocycles. The van der Waals surface area contributed by atoms with Crippen molar-refractivity contribution in [3.05, 3.63) is 35.4 Å². The maximum atomic E-state index is 10.6. The number of hydrogen-bond acceptors (Lipinski definition) is 2. The van der Waals surface area contributed by atoms with Gasteiger partial charge in [0.2, 0.25) is 0 Å². The fraction of sp³-hybridized carbons (Fsp3) is 0.684. The van der Waals surface area contributed by atoms with E-state index in [1.54, 1.807) is 0 Å². The first-order chi connectivity index (χ1) is 10.2. The molecule has 0 aromatic heterocycles. The van der Waals surface area contributed by atoms with Crippen molar-refractivity contribution in [2.45, 2.75) is 70.0 Å². The van der Waals surface area contributed by atoms with Gasteiger partial charge in [-0.3, -0.25) is 0 Å². The van der Waals surface area contributed by atoms with Crippen molar-refractivity contribution in [3.63, 3.8) is 0 Å². The average Bonchev–Trinajstić information content (AvgIpc) is 2.87. The quantitative estimate of drug-likeness (QED) is 0.876. The molecule has 2 aliphatic rings. The number of rotatable bonds is 3. The lowest BCUT2D eigenvalue weighted by atomic mass is 9.82. The molecule has 0 aliphatic heterocycles. The Labute approximate surface area is 128 Å². The van der Waals surface area contributed by atoms with Gasteiger partial charge < -0.3 is 10.2 Å². The molecule has 2 fully saturated rings. The number of benzene rings is 1. The summed E-state index contributed by atoms with van der Waals surface area (Å²) in [5, 5.41) is 20.7. The third kappa shape index (κ3) is 3.17. The monoisotopic (exact) mass is 288 g/mol. The molecule has 0 amide bonds. The molecule has 0 bridgehead atoms. The predicted molar refractivity (Wildman–Crippen MR) is 85.1 cm³/mol. The molecule has 3 rings (SSSR count). The molecular weight excluding hydrogens is 260 g/mol. The predicted octanol–water partition coefficient (Wildman–Crippen LogP) is 4.17. The second-order valence-corrected chi connectivity index (χ2v) is 7.16. The minimum absolute atomic E-state index is 0.200. The van der Waals surface area contributed by atoms with Crippen molar-refractivity contribution in [3.8, 4) is 0 Å². The summed E-state index contributed by atoms with van der Waals surface area (Å²) in [7, 11) is 0. The maximum absolute atomic E-state index is 10.6. The van der Waals surface area contributed by atoms with Crippen LogP contribution in [0.15, 0.2) is 24.3 Å². The number of aliphatic hydroxyl groups excluding tert-OH is 2. The van der Waals surface area contributed by atoms with E-state index >= 15 is 0 Å². The van der Waals surface area contributed by atoms with Gasteiger partial charge in [-0.1, -0.05) is 50.5 Å². The van der Waals surface area contributed by atoms with Gasteiger partial charge in [-0.25, -0.2) is 0 Å². The molecule has 0 heterocycles. The minimum atomic E-state index is -0.315. The van der Waals surface area contributed by atoms with Crippen LogP contribution in [0.2, 0.25) is 0 Å². The van der Waals surface area contributed by atoms with Crippen molar-refractivity contribution >= 4 is 0 Å². The van der Waals surface area contributed by atoms with Crippen LogP contribution >= 0.6 is 0 Å². The summed E-state index contributed by atoms with van der Waals surface area (Å²) >= 11 is 0. The van der Waals surface area contributed by atoms with E-state index in [0.29, 0.717) is 11.8 Å². The molecule has 1 aromatic rings. The first kappa shape index (κ1) is 15.1. The van der Waals surface area contributed by atoms with Gasteiger partial charge in [-0.15, -0.1) is 0 Å². The van der Waals surface area contributed by atoms with E-state index in [0.717, 1.165) is 31.2 Å². The summed E-state index contributed by atoms with van der Waals surface area (Å²) < 4.78 is 0. The first-order valence-electron chi connectivity index (χ1n) is 8.63. The molecule has 2 nitrogen and oxygen atoms in total. The molecule has 21 heavy (non-hydrogen) atoms. The normalized spacial score (nSPS) is 32.2. The molecular formula is C19H28O2. The number of hydrogen-bond donors (Lipinski definition) is 2. The van der Waals surface area contributed by atoms with Crippen LogP contribution < -0.4 is 0 Å². The zero-order valence-corrected chi connectivity index (χ0v) is 13.0. The van der Waals surface area contributed by atoms with Gasteiger partial charge in [0.25, 0.3) is 0 Å². The second kappa shape index (κ2) is 6.50. The average molecular weight is 288 g/mol. The Morgan fingerprint density at radius 3 is 2.19 bits per heavy atom. The lowest BCUT2D eigenvalue weighted by Gasteiger charge is -2.27. The van der Waals surface area contributed by atoms with Crippen molar-refractivity contribution in [2.24, 2.45) is 11.8 Å². The smallest absolute Gasteiger partial charge is 0.0818 e. The second-order valence-electron chi connectivity index (χ2n) is 7.16. The molecule has 2 aliphatic carbocycles. The van der Waals surface area contributed by atoms with Gasteiger partial charge in [0.05, 0.1) is 12.2 Å². The van der Waals surface area contributed by atoms with Crippen LogP contribution in [0.4, 0.5) is 0 Å².